The second kappa shape index (κ2) is 7.75. The van der Waals surface area contributed by atoms with Gasteiger partial charge < -0.3 is 9.64 Å². The van der Waals surface area contributed by atoms with Crippen molar-refractivity contribution < 1.29 is 22.7 Å². The molecule has 0 spiro atoms. The number of esters is 1. The van der Waals surface area contributed by atoms with E-state index in [4.69, 9.17) is 4.74 Å². The molecule has 160 valence electrons. The zero-order chi connectivity index (χ0) is 22.3. The van der Waals surface area contributed by atoms with E-state index in [0.29, 0.717) is 11.3 Å². The van der Waals surface area contributed by atoms with Crippen molar-refractivity contribution in [2.45, 2.75) is 30.6 Å². The van der Waals surface area contributed by atoms with Crippen molar-refractivity contribution in [1.82, 2.24) is 4.90 Å². The van der Waals surface area contributed by atoms with Gasteiger partial charge in [0.15, 0.2) is 0 Å². The van der Waals surface area contributed by atoms with Crippen LogP contribution in [0.3, 0.4) is 0 Å². The van der Waals surface area contributed by atoms with Gasteiger partial charge in [-0.05, 0) is 37.6 Å². The van der Waals surface area contributed by atoms with Crippen LogP contribution in [0.4, 0.5) is 5.69 Å². The summed E-state index contributed by atoms with van der Waals surface area (Å²) in [6, 6.07) is 11.8. The smallest absolute Gasteiger partial charge is 0.318 e. The molecule has 7 nitrogen and oxygen atoms in total. The van der Waals surface area contributed by atoms with E-state index in [0.717, 1.165) is 11.1 Å². The summed E-state index contributed by atoms with van der Waals surface area (Å²) < 4.78 is 33.3. The van der Waals surface area contributed by atoms with Gasteiger partial charge >= 0.3 is 5.97 Å². The molecule has 30 heavy (non-hydrogen) atoms. The van der Waals surface area contributed by atoms with Crippen LogP contribution in [0.1, 0.15) is 23.1 Å². The highest BCUT2D eigenvalue weighted by Gasteiger charge is 2.54. The molecule has 0 N–H and O–H groups in total. The largest absolute Gasteiger partial charge is 0.468 e. The van der Waals surface area contributed by atoms with Crippen LogP contribution in [0.5, 0.6) is 0 Å². The first kappa shape index (κ1) is 21.8. The van der Waals surface area contributed by atoms with Gasteiger partial charge in [-0.1, -0.05) is 35.4 Å². The first-order valence-corrected chi connectivity index (χ1v) is 11.0. The molecule has 1 atom stereocenters. The Labute approximate surface area is 177 Å². The molecule has 0 bridgehead atoms. The summed E-state index contributed by atoms with van der Waals surface area (Å²) in [6.07, 6.45) is -0.191. The molecule has 2 aromatic rings. The summed E-state index contributed by atoms with van der Waals surface area (Å²) in [5.41, 5.74) is 1.24. The minimum absolute atomic E-state index is 0.124. The summed E-state index contributed by atoms with van der Waals surface area (Å²) in [5.74, 6) is -0.923. The molecule has 0 radical (unpaired) electrons. The van der Waals surface area contributed by atoms with Crippen LogP contribution in [-0.4, -0.2) is 52.9 Å². The van der Waals surface area contributed by atoms with Gasteiger partial charge in [-0.15, -0.1) is 0 Å². The lowest BCUT2D eigenvalue weighted by atomic mass is 9.78. The fraction of sp³-hybridized carbons (Fsp3) is 0.364. The lowest BCUT2D eigenvalue weighted by Gasteiger charge is -2.28. The van der Waals surface area contributed by atoms with E-state index < -0.39 is 21.4 Å². The predicted octanol–water partition coefficient (Wildman–Crippen LogP) is 2.40. The third kappa shape index (κ3) is 3.56. The number of carbonyl (C=O) groups excluding carboxylic acids is 2. The predicted molar refractivity (Wildman–Crippen MR) is 114 cm³/mol. The topological polar surface area (TPSA) is 84.0 Å². The Hall–Kier alpha value is -2.87. The lowest BCUT2D eigenvalue weighted by Crippen LogP contribution is -2.46. The van der Waals surface area contributed by atoms with Crippen molar-refractivity contribution in [3.8, 4) is 0 Å². The van der Waals surface area contributed by atoms with Crippen LogP contribution in [0.25, 0.3) is 0 Å². The quantitative estimate of drug-likeness (QED) is 0.680. The molecule has 0 saturated carbocycles. The van der Waals surface area contributed by atoms with Gasteiger partial charge in [0.25, 0.3) is 10.0 Å². The zero-order valence-electron chi connectivity index (χ0n) is 17.8. The first-order chi connectivity index (χ1) is 14.0. The molecule has 3 rings (SSSR count). The number of ether oxygens (including phenoxy) is 1. The Bertz CT molecular complexity index is 1090. The number of rotatable bonds is 5. The van der Waals surface area contributed by atoms with Crippen molar-refractivity contribution in [1.29, 1.82) is 0 Å². The maximum atomic E-state index is 13.5. The van der Waals surface area contributed by atoms with Crippen LogP contribution in [0, 0.1) is 13.8 Å². The Kier molecular flexibility index (Phi) is 5.64. The second-order valence-electron chi connectivity index (χ2n) is 7.88. The highest BCUT2D eigenvalue weighted by Crippen LogP contribution is 2.46. The molecule has 2 aromatic carbocycles. The van der Waals surface area contributed by atoms with E-state index in [1.807, 2.05) is 13.8 Å². The van der Waals surface area contributed by atoms with Crippen molar-refractivity contribution in [2.75, 3.05) is 32.1 Å². The van der Waals surface area contributed by atoms with E-state index in [1.54, 1.807) is 56.6 Å². The molecule has 1 amide bonds. The summed E-state index contributed by atoms with van der Waals surface area (Å²) in [7, 11) is 0.492. The molecule has 8 heteroatoms. The number of nitrogens with zero attached hydrogens (tertiary/aromatic N) is 2. The monoisotopic (exact) mass is 430 g/mol. The highest BCUT2D eigenvalue weighted by atomic mass is 32.2. The average Bonchev–Trinajstić information content (AvgIpc) is 3.03. The molecule has 0 saturated heterocycles. The van der Waals surface area contributed by atoms with Gasteiger partial charge in [-0.2, -0.15) is 0 Å². The van der Waals surface area contributed by atoms with Crippen LogP contribution in [0.15, 0.2) is 47.4 Å². The number of benzene rings is 2. The van der Waals surface area contributed by atoms with E-state index in [2.05, 4.69) is 0 Å². The lowest BCUT2D eigenvalue weighted by molar-refractivity contribution is -0.150. The van der Waals surface area contributed by atoms with Crippen LogP contribution in [-0.2, 0) is 29.8 Å². The summed E-state index contributed by atoms with van der Waals surface area (Å²) in [4.78, 5) is 27.2. The van der Waals surface area contributed by atoms with Crippen molar-refractivity contribution in [3.63, 3.8) is 0 Å². The number of anilines is 1. The Morgan fingerprint density at radius 1 is 1.07 bits per heavy atom. The Morgan fingerprint density at radius 2 is 1.67 bits per heavy atom. The first-order valence-electron chi connectivity index (χ1n) is 9.52. The molecule has 1 heterocycles. The summed E-state index contributed by atoms with van der Waals surface area (Å²) in [5, 5.41) is 0. The van der Waals surface area contributed by atoms with Gasteiger partial charge in [-0.25, -0.2) is 8.42 Å². The number of hydrogen-bond donors (Lipinski definition) is 0. The minimum atomic E-state index is -3.95. The van der Waals surface area contributed by atoms with Crippen LogP contribution < -0.4 is 4.31 Å². The van der Waals surface area contributed by atoms with Gasteiger partial charge in [0.2, 0.25) is 5.91 Å². The molecule has 0 aromatic heterocycles. The maximum absolute atomic E-state index is 13.5. The number of sulfonamides is 1. The minimum Gasteiger partial charge on any atom is -0.468 e. The molecule has 1 aliphatic heterocycles. The molecule has 0 aliphatic carbocycles. The Morgan fingerprint density at radius 3 is 2.23 bits per heavy atom. The zero-order valence-corrected chi connectivity index (χ0v) is 18.6. The normalized spacial score (nSPS) is 18.1. The van der Waals surface area contributed by atoms with Crippen molar-refractivity contribution in [3.05, 3.63) is 59.2 Å². The third-order valence-corrected chi connectivity index (χ3v) is 7.26. The van der Waals surface area contributed by atoms with Crippen molar-refractivity contribution in [2.24, 2.45) is 0 Å². The SMILES string of the molecule is COC(=O)C1(CC(=O)N(C)C)CN(S(=O)(=O)c2ccc(C)cc2)c2ccc(C)cc21. The van der Waals surface area contributed by atoms with Gasteiger partial charge in [0.1, 0.15) is 5.41 Å². The fourth-order valence-electron chi connectivity index (χ4n) is 3.73. The molecule has 0 fully saturated rings. The second-order valence-corrected chi connectivity index (χ2v) is 9.75. The van der Waals surface area contributed by atoms with E-state index in [9.17, 15) is 18.0 Å². The van der Waals surface area contributed by atoms with E-state index in [1.165, 1.54) is 16.3 Å². The number of aryl methyl sites for hydroxylation is 2. The van der Waals surface area contributed by atoms with Crippen LogP contribution in [0.2, 0.25) is 0 Å². The molecule has 1 unspecified atom stereocenters. The van der Waals surface area contributed by atoms with Crippen molar-refractivity contribution >= 4 is 27.6 Å². The number of carbonyl (C=O) groups is 2. The van der Waals surface area contributed by atoms with Gasteiger partial charge in [0.05, 0.1) is 24.2 Å². The summed E-state index contributed by atoms with van der Waals surface area (Å²) >= 11 is 0. The maximum Gasteiger partial charge on any atom is 0.318 e. The number of fused-ring (bicyclic) bond motifs is 1. The summed E-state index contributed by atoms with van der Waals surface area (Å²) in [6.45, 7) is 3.53. The average molecular weight is 431 g/mol. The van der Waals surface area contributed by atoms with Crippen LogP contribution >= 0.6 is 0 Å². The van der Waals surface area contributed by atoms with Gasteiger partial charge in [-0.3, -0.25) is 13.9 Å². The van der Waals surface area contributed by atoms with E-state index in [-0.39, 0.29) is 23.8 Å². The highest BCUT2D eigenvalue weighted by molar-refractivity contribution is 7.92. The molecule has 1 aliphatic rings. The molecular formula is C22H26N2O5S. The Balaban J connectivity index is 2.21. The number of hydrogen-bond acceptors (Lipinski definition) is 5. The number of methoxy groups -OCH3 is 1. The standard InChI is InChI=1S/C22H26N2O5S/c1-15-6-9-17(10-7-15)30(27,28)24-14-22(21(26)29-5,13-20(25)23(3)4)18-12-16(2)8-11-19(18)24/h6-12H,13-14H2,1-5H3. The number of amides is 1. The fourth-order valence-corrected chi connectivity index (χ4v) is 5.27. The third-order valence-electron chi connectivity index (χ3n) is 5.49. The van der Waals surface area contributed by atoms with E-state index >= 15 is 0 Å². The van der Waals surface area contributed by atoms with Gasteiger partial charge in [0, 0.05) is 20.5 Å². The molecular weight excluding hydrogens is 404 g/mol.